The first-order valence-corrected chi connectivity index (χ1v) is 12.6. The summed E-state index contributed by atoms with van der Waals surface area (Å²) in [4.78, 5) is 13.7. The number of rotatable bonds is 8. The zero-order valence-electron chi connectivity index (χ0n) is 20.4. The number of nitrogens with one attached hydrogen (secondary N) is 1. The predicted molar refractivity (Wildman–Crippen MR) is 130 cm³/mol. The fourth-order valence-electron chi connectivity index (χ4n) is 4.97. The van der Waals surface area contributed by atoms with E-state index in [4.69, 9.17) is 14.6 Å². The van der Waals surface area contributed by atoms with E-state index in [9.17, 15) is 8.42 Å². The number of ether oxygens (including phenoxy) is 2. The SMILES string of the molecule is COc1cc2ncnc(N3CCCN(C(C)(C)CC(C)(C)NS(N)(=O)=O)CC3)c2cc1OC. The number of fused-ring (bicyclic) bond motifs is 1. The molecule has 11 heteroatoms. The quantitative estimate of drug-likeness (QED) is 0.587. The lowest BCUT2D eigenvalue weighted by Gasteiger charge is -2.43. The van der Waals surface area contributed by atoms with E-state index >= 15 is 0 Å². The second kappa shape index (κ2) is 9.57. The number of benzene rings is 1. The van der Waals surface area contributed by atoms with E-state index in [0.717, 1.165) is 49.3 Å². The molecule has 0 amide bonds. The summed E-state index contributed by atoms with van der Waals surface area (Å²) >= 11 is 0. The van der Waals surface area contributed by atoms with E-state index < -0.39 is 15.7 Å². The minimum atomic E-state index is -3.78. The third kappa shape index (κ3) is 6.23. The molecule has 184 valence electrons. The minimum Gasteiger partial charge on any atom is -0.493 e. The van der Waals surface area contributed by atoms with E-state index in [-0.39, 0.29) is 5.54 Å². The molecule has 3 rings (SSSR count). The average Bonchev–Trinajstić information content (AvgIpc) is 2.96. The van der Waals surface area contributed by atoms with Crippen molar-refractivity contribution >= 4 is 26.9 Å². The number of anilines is 1. The highest BCUT2D eigenvalue weighted by molar-refractivity contribution is 7.87. The van der Waals surface area contributed by atoms with Gasteiger partial charge in [0, 0.05) is 48.7 Å². The Balaban J connectivity index is 1.81. The molecule has 1 aliphatic heterocycles. The summed E-state index contributed by atoms with van der Waals surface area (Å²) < 4.78 is 36.6. The molecule has 0 saturated carbocycles. The Morgan fingerprint density at radius 1 is 1.03 bits per heavy atom. The summed E-state index contributed by atoms with van der Waals surface area (Å²) in [6, 6.07) is 3.80. The zero-order valence-corrected chi connectivity index (χ0v) is 21.2. The lowest BCUT2D eigenvalue weighted by molar-refractivity contribution is 0.0964. The van der Waals surface area contributed by atoms with Crippen molar-refractivity contribution in [3.05, 3.63) is 18.5 Å². The van der Waals surface area contributed by atoms with Crippen LogP contribution in [-0.4, -0.2) is 74.8 Å². The molecule has 2 aromatic rings. The highest BCUT2D eigenvalue weighted by Crippen LogP contribution is 2.35. The van der Waals surface area contributed by atoms with Gasteiger partial charge in [-0.25, -0.2) is 15.1 Å². The monoisotopic (exact) mass is 480 g/mol. The summed E-state index contributed by atoms with van der Waals surface area (Å²) in [7, 11) is -0.554. The normalized spacial score (nSPS) is 16.6. The van der Waals surface area contributed by atoms with Crippen molar-refractivity contribution in [2.24, 2.45) is 5.14 Å². The van der Waals surface area contributed by atoms with E-state index in [1.54, 1.807) is 20.5 Å². The number of methoxy groups -OCH3 is 2. The second-order valence-corrected chi connectivity index (χ2v) is 11.1. The number of hydrogen-bond acceptors (Lipinski definition) is 8. The van der Waals surface area contributed by atoms with Crippen molar-refractivity contribution in [2.75, 3.05) is 45.3 Å². The van der Waals surface area contributed by atoms with Gasteiger partial charge < -0.3 is 14.4 Å². The Morgan fingerprint density at radius 3 is 2.33 bits per heavy atom. The Kier molecular flexibility index (Phi) is 7.37. The van der Waals surface area contributed by atoms with Crippen LogP contribution >= 0.6 is 0 Å². The van der Waals surface area contributed by atoms with Gasteiger partial charge >= 0.3 is 0 Å². The molecule has 1 aromatic heterocycles. The molecule has 0 atom stereocenters. The Morgan fingerprint density at radius 2 is 1.70 bits per heavy atom. The van der Waals surface area contributed by atoms with Gasteiger partial charge in [0.1, 0.15) is 12.1 Å². The topological polar surface area (TPSA) is 123 Å². The van der Waals surface area contributed by atoms with Crippen LogP contribution in [0, 0.1) is 0 Å². The van der Waals surface area contributed by atoms with E-state index in [1.165, 1.54) is 0 Å². The van der Waals surface area contributed by atoms with Crippen LogP contribution in [0.4, 0.5) is 5.82 Å². The van der Waals surface area contributed by atoms with Gasteiger partial charge in [-0.3, -0.25) is 4.90 Å². The average molecular weight is 481 g/mol. The molecule has 0 bridgehead atoms. The fraction of sp³-hybridized carbons (Fsp3) is 0.636. The highest BCUT2D eigenvalue weighted by atomic mass is 32.2. The molecule has 33 heavy (non-hydrogen) atoms. The molecule has 1 fully saturated rings. The molecule has 2 heterocycles. The third-order valence-electron chi connectivity index (χ3n) is 6.06. The van der Waals surface area contributed by atoms with Gasteiger partial charge in [0.05, 0.1) is 19.7 Å². The van der Waals surface area contributed by atoms with Crippen LogP contribution in [0.3, 0.4) is 0 Å². The van der Waals surface area contributed by atoms with Crippen LogP contribution in [0.5, 0.6) is 11.5 Å². The molecule has 1 aliphatic rings. The minimum absolute atomic E-state index is 0.235. The summed E-state index contributed by atoms with van der Waals surface area (Å²) in [6.45, 7) is 11.4. The van der Waals surface area contributed by atoms with Crippen molar-refractivity contribution in [1.82, 2.24) is 19.6 Å². The first-order valence-electron chi connectivity index (χ1n) is 11.0. The Labute approximate surface area is 196 Å². The fourth-order valence-corrected chi connectivity index (χ4v) is 5.81. The standard InChI is InChI=1S/C22H36N6O4S/c1-21(2,26-33(23,29)30)14-22(3,4)28-9-7-8-27(10-11-28)20-16-12-18(31-5)19(32-6)13-17(16)24-15-25-20/h12-13,15,26H,7-11,14H2,1-6H3,(H2,23,29,30). The number of hydrogen-bond donors (Lipinski definition) is 2. The molecule has 1 aromatic carbocycles. The van der Waals surface area contributed by atoms with Gasteiger partial charge in [0.15, 0.2) is 11.5 Å². The number of aromatic nitrogens is 2. The second-order valence-electron chi connectivity index (χ2n) is 9.77. The van der Waals surface area contributed by atoms with Crippen molar-refractivity contribution < 1.29 is 17.9 Å². The molecule has 1 saturated heterocycles. The third-order valence-corrected chi connectivity index (χ3v) is 6.90. The zero-order chi connectivity index (χ0) is 24.4. The van der Waals surface area contributed by atoms with Crippen LogP contribution in [-0.2, 0) is 10.2 Å². The van der Waals surface area contributed by atoms with Gasteiger partial charge in [-0.1, -0.05) is 0 Å². The molecule has 0 aliphatic carbocycles. The maximum absolute atomic E-state index is 11.6. The predicted octanol–water partition coefficient (Wildman–Crippen LogP) is 1.90. The van der Waals surface area contributed by atoms with Crippen LogP contribution in [0.2, 0.25) is 0 Å². The molecular weight excluding hydrogens is 444 g/mol. The first-order chi connectivity index (χ1) is 15.3. The lowest BCUT2D eigenvalue weighted by Crippen LogP contribution is -2.55. The van der Waals surface area contributed by atoms with Gasteiger partial charge in [-0.15, -0.1) is 0 Å². The Hall–Kier alpha value is -2.21. The summed E-state index contributed by atoms with van der Waals surface area (Å²) in [5.41, 5.74) is -0.0989. The molecule has 0 spiro atoms. The van der Waals surface area contributed by atoms with Crippen LogP contribution in [0.15, 0.2) is 18.5 Å². The van der Waals surface area contributed by atoms with Crippen LogP contribution < -0.4 is 24.2 Å². The van der Waals surface area contributed by atoms with Crippen molar-refractivity contribution in [2.45, 2.75) is 51.6 Å². The summed E-state index contributed by atoms with van der Waals surface area (Å²) in [6.07, 6.45) is 3.15. The molecule has 10 nitrogen and oxygen atoms in total. The largest absolute Gasteiger partial charge is 0.493 e. The number of nitrogens with two attached hydrogens (primary N) is 1. The van der Waals surface area contributed by atoms with E-state index in [2.05, 4.69) is 38.3 Å². The summed E-state index contributed by atoms with van der Waals surface area (Å²) in [5.74, 6) is 2.15. The highest BCUT2D eigenvalue weighted by Gasteiger charge is 2.36. The van der Waals surface area contributed by atoms with Crippen molar-refractivity contribution in [3.63, 3.8) is 0 Å². The van der Waals surface area contributed by atoms with Gasteiger partial charge in [-0.05, 0) is 46.6 Å². The molecule has 0 radical (unpaired) electrons. The van der Waals surface area contributed by atoms with Crippen molar-refractivity contribution in [3.8, 4) is 11.5 Å². The van der Waals surface area contributed by atoms with Gasteiger partial charge in [-0.2, -0.15) is 13.1 Å². The first kappa shape index (κ1) is 25.4. The molecule has 0 unspecified atom stereocenters. The van der Waals surface area contributed by atoms with E-state index in [0.29, 0.717) is 17.9 Å². The smallest absolute Gasteiger partial charge is 0.274 e. The molecular formula is C22H36N6O4S. The van der Waals surface area contributed by atoms with Crippen LogP contribution in [0.1, 0.15) is 40.5 Å². The van der Waals surface area contributed by atoms with E-state index in [1.807, 2.05) is 26.0 Å². The van der Waals surface area contributed by atoms with Gasteiger partial charge in [0.2, 0.25) is 0 Å². The maximum Gasteiger partial charge on any atom is 0.274 e. The Bertz CT molecular complexity index is 1090. The van der Waals surface area contributed by atoms with Crippen LogP contribution in [0.25, 0.3) is 10.9 Å². The summed E-state index contributed by atoms with van der Waals surface area (Å²) in [5, 5.41) is 6.14. The van der Waals surface area contributed by atoms with Gasteiger partial charge in [0.25, 0.3) is 10.2 Å². The lowest BCUT2D eigenvalue weighted by atomic mass is 9.86. The maximum atomic E-state index is 11.6. The molecule has 3 N–H and O–H groups in total. The van der Waals surface area contributed by atoms with Crippen molar-refractivity contribution in [1.29, 1.82) is 0 Å². The number of nitrogens with zero attached hydrogens (tertiary/aromatic N) is 4.